The Hall–Kier alpha value is -3.26. The molecule has 2 rings (SSSR count). The van der Waals surface area contributed by atoms with Gasteiger partial charge in [0.2, 0.25) is 11.6 Å². The molecular weight excluding hydrogens is 540 g/mol. The van der Waals surface area contributed by atoms with E-state index in [0.29, 0.717) is 82.5 Å². The van der Waals surface area contributed by atoms with Crippen LogP contribution in [0.5, 0.6) is 23.0 Å². The number of hydrogen-bond donors (Lipinski definition) is 1. The van der Waals surface area contributed by atoms with E-state index >= 15 is 0 Å². The van der Waals surface area contributed by atoms with E-state index in [1.54, 1.807) is 12.1 Å². The van der Waals surface area contributed by atoms with Crippen molar-refractivity contribution >= 4 is 11.6 Å². The van der Waals surface area contributed by atoms with Crippen LogP contribution in [0.25, 0.3) is 0 Å². The Morgan fingerprint density at radius 2 is 0.878 bits per heavy atom. The van der Waals surface area contributed by atoms with E-state index in [2.05, 4.69) is 0 Å². The van der Waals surface area contributed by atoms with Crippen LogP contribution in [-0.2, 0) is 23.7 Å². The van der Waals surface area contributed by atoms with Crippen molar-refractivity contribution in [1.82, 2.24) is 0 Å². The van der Waals surface area contributed by atoms with Crippen molar-refractivity contribution in [3.8, 4) is 23.0 Å². The Bertz CT molecular complexity index is 1040. The zero-order valence-electron chi connectivity index (χ0n) is 23.9. The van der Waals surface area contributed by atoms with Crippen molar-refractivity contribution in [2.24, 2.45) is 0 Å². The van der Waals surface area contributed by atoms with Crippen molar-refractivity contribution in [3.05, 3.63) is 47.5 Å². The Morgan fingerprint density at radius 3 is 1.29 bits per heavy atom. The maximum absolute atomic E-state index is 12.9. The van der Waals surface area contributed by atoms with Gasteiger partial charge in [0, 0.05) is 11.1 Å². The molecule has 0 aliphatic carbocycles. The van der Waals surface area contributed by atoms with Crippen LogP contribution in [0.2, 0.25) is 0 Å². The van der Waals surface area contributed by atoms with Gasteiger partial charge in [0.25, 0.3) is 0 Å². The first-order valence-electron chi connectivity index (χ1n) is 13.2. The summed E-state index contributed by atoms with van der Waals surface area (Å²) in [6.45, 7) is 4.25. The fourth-order valence-electron chi connectivity index (χ4n) is 3.43. The second-order valence-corrected chi connectivity index (χ2v) is 8.23. The topological polar surface area (TPSA) is 137 Å². The quantitative estimate of drug-likeness (QED) is 0.111. The minimum absolute atomic E-state index is 0.00310. The van der Waals surface area contributed by atoms with Crippen molar-refractivity contribution in [2.45, 2.75) is 0 Å². The Balaban J connectivity index is 1.66. The molecule has 12 nitrogen and oxygen atoms in total. The lowest BCUT2D eigenvalue weighted by Crippen LogP contribution is -2.16. The van der Waals surface area contributed by atoms with Crippen molar-refractivity contribution in [3.63, 3.8) is 0 Å². The predicted molar refractivity (Wildman–Crippen MR) is 148 cm³/mol. The minimum Gasteiger partial charge on any atom is -0.493 e. The van der Waals surface area contributed by atoms with Crippen LogP contribution >= 0.6 is 0 Å². The van der Waals surface area contributed by atoms with E-state index in [0.717, 1.165) is 0 Å². The van der Waals surface area contributed by atoms with Gasteiger partial charge < -0.3 is 47.7 Å². The lowest BCUT2D eigenvalue weighted by atomic mass is 10.0. The standard InChI is InChI=1S/C29H40O12/c1-33-24-6-4-22(20-26(24)35-3)28(31)29(32)23-5-7-25(34-2)27(21-23)41-19-18-40-17-16-39-15-14-38-13-12-37-11-10-36-9-8-30/h4-7,20-21,30H,8-19H2,1-3H3. The monoisotopic (exact) mass is 580 g/mol. The molecule has 0 saturated carbocycles. The third-order valence-corrected chi connectivity index (χ3v) is 5.49. The second-order valence-electron chi connectivity index (χ2n) is 8.23. The summed E-state index contributed by atoms with van der Waals surface area (Å²) in [5.41, 5.74) is 0.342. The molecule has 12 heteroatoms. The summed E-state index contributed by atoms with van der Waals surface area (Å²) in [6.07, 6.45) is 0. The molecule has 0 spiro atoms. The van der Waals surface area contributed by atoms with Gasteiger partial charge in [-0.05, 0) is 36.4 Å². The highest BCUT2D eigenvalue weighted by molar-refractivity contribution is 6.49. The van der Waals surface area contributed by atoms with Crippen LogP contribution in [0.1, 0.15) is 20.7 Å². The highest BCUT2D eigenvalue weighted by Gasteiger charge is 2.21. The van der Waals surface area contributed by atoms with Gasteiger partial charge >= 0.3 is 0 Å². The van der Waals surface area contributed by atoms with Crippen LogP contribution in [0.3, 0.4) is 0 Å². The summed E-state index contributed by atoms with van der Waals surface area (Å²) in [5.74, 6) is 0.155. The number of benzene rings is 2. The van der Waals surface area contributed by atoms with E-state index in [-0.39, 0.29) is 30.9 Å². The zero-order valence-corrected chi connectivity index (χ0v) is 23.9. The van der Waals surface area contributed by atoms with Crippen molar-refractivity contribution in [1.29, 1.82) is 0 Å². The third kappa shape index (κ3) is 12.4. The number of ketones is 2. The van der Waals surface area contributed by atoms with Gasteiger partial charge in [0.05, 0.1) is 94.0 Å². The molecule has 0 bridgehead atoms. The highest BCUT2D eigenvalue weighted by atomic mass is 16.6. The van der Waals surface area contributed by atoms with E-state index in [1.165, 1.54) is 45.6 Å². The fraction of sp³-hybridized carbons (Fsp3) is 0.517. The summed E-state index contributed by atoms with van der Waals surface area (Å²) in [6, 6.07) is 9.09. The molecule has 0 amide bonds. The molecule has 0 atom stereocenters. The van der Waals surface area contributed by atoms with E-state index in [4.69, 9.17) is 47.7 Å². The van der Waals surface area contributed by atoms with Crippen molar-refractivity contribution in [2.75, 3.05) is 101 Å². The number of methoxy groups -OCH3 is 3. The number of carbonyl (C=O) groups is 2. The van der Waals surface area contributed by atoms with Crippen molar-refractivity contribution < 1.29 is 57.3 Å². The maximum Gasteiger partial charge on any atom is 0.233 e. The molecule has 0 aliphatic heterocycles. The number of carbonyl (C=O) groups excluding carboxylic acids is 2. The first-order chi connectivity index (χ1) is 20.0. The normalized spacial score (nSPS) is 10.8. The molecule has 0 heterocycles. The number of aliphatic hydroxyl groups excluding tert-OH is 1. The highest BCUT2D eigenvalue weighted by Crippen LogP contribution is 2.30. The van der Waals surface area contributed by atoms with E-state index < -0.39 is 11.6 Å². The minimum atomic E-state index is -0.696. The molecular formula is C29H40O12. The van der Waals surface area contributed by atoms with Gasteiger partial charge in [0.1, 0.15) is 6.61 Å². The van der Waals surface area contributed by atoms with Crippen LogP contribution < -0.4 is 18.9 Å². The van der Waals surface area contributed by atoms with E-state index in [9.17, 15) is 9.59 Å². The molecule has 2 aromatic rings. The van der Waals surface area contributed by atoms with Crippen LogP contribution in [0, 0.1) is 0 Å². The average molecular weight is 581 g/mol. The number of aliphatic hydroxyl groups is 1. The molecule has 41 heavy (non-hydrogen) atoms. The number of ether oxygens (including phenoxy) is 9. The molecule has 0 saturated heterocycles. The summed E-state index contributed by atoms with van der Waals surface area (Å²) in [7, 11) is 4.42. The largest absolute Gasteiger partial charge is 0.493 e. The predicted octanol–water partition coefficient (Wildman–Crippen LogP) is 2.23. The molecule has 2 aromatic carbocycles. The maximum atomic E-state index is 12.9. The average Bonchev–Trinajstić information content (AvgIpc) is 3.01. The Labute approximate surface area is 240 Å². The number of hydrogen-bond acceptors (Lipinski definition) is 12. The summed E-state index contributed by atoms with van der Waals surface area (Å²) in [4.78, 5) is 25.7. The molecule has 0 aromatic heterocycles. The fourth-order valence-corrected chi connectivity index (χ4v) is 3.43. The second kappa shape index (κ2) is 20.6. The summed E-state index contributed by atoms with van der Waals surface area (Å²) >= 11 is 0. The smallest absolute Gasteiger partial charge is 0.233 e. The Kier molecular flexibility index (Phi) is 17.0. The Morgan fingerprint density at radius 1 is 0.512 bits per heavy atom. The summed E-state index contributed by atoms with van der Waals surface area (Å²) in [5, 5.41) is 8.59. The third-order valence-electron chi connectivity index (χ3n) is 5.49. The number of Topliss-reactive ketones (excluding diaryl/α,β-unsaturated/α-hetero) is 2. The zero-order chi connectivity index (χ0) is 29.7. The summed E-state index contributed by atoms with van der Waals surface area (Å²) < 4.78 is 48.3. The first kappa shape index (κ1) is 33.9. The molecule has 0 fully saturated rings. The van der Waals surface area contributed by atoms with Crippen LogP contribution in [0.4, 0.5) is 0 Å². The first-order valence-corrected chi connectivity index (χ1v) is 13.2. The van der Waals surface area contributed by atoms with Crippen LogP contribution in [0.15, 0.2) is 36.4 Å². The molecule has 0 radical (unpaired) electrons. The lowest BCUT2D eigenvalue weighted by Gasteiger charge is -2.13. The van der Waals surface area contributed by atoms with Gasteiger partial charge in [-0.1, -0.05) is 0 Å². The van der Waals surface area contributed by atoms with Gasteiger partial charge in [-0.25, -0.2) is 0 Å². The molecule has 228 valence electrons. The van der Waals surface area contributed by atoms with E-state index in [1.807, 2.05) is 0 Å². The van der Waals surface area contributed by atoms with Crippen LogP contribution in [-0.4, -0.2) is 117 Å². The molecule has 1 N–H and O–H groups in total. The van der Waals surface area contributed by atoms with Gasteiger partial charge in [0.15, 0.2) is 23.0 Å². The van der Waals surface area contributed by atoms with Gasteiger partial charge in [-0.15, -0.1) is 0 Å². The SMILES string of the molecule is COc1ccc(C(=O)C(=O)c2ccc(OC)c(OCCOCCOCCOCCOCCOCCO)c2)cc1OC. The van der Waals surface area contributed by atoms with Gasteiger partial charge in [-0.3, -0.25) is 9.59 Å². The molecule has 0 aliphatic rings. The molecule has 0 unspecified atom stereocenters. The van der Waals surface area contributed by atoms with Gasteiger partial charge in [-0.2, -0.15) is 0 Å². The number of rotatable bonds is 24. The lowest BCUT2D eigenvalue weighted by molar-refractivity contribution is -0.0147.